The van der Waals surface area contributed by atoms with Crippen molar-refractivity contribution in [3.63, 3.8) is 0 Å². The van der Waals surface area contributed by atoms with E-state index >= 15 is 0 Å². The molecule has 5 heteroatoms. The molecule has 5 nitrogen and oxygen atoms in total. The van der Waals surface area contributed by atoms with Gasteiger partial charge in [0.25, 0.3) is 0 Å². The number of rotatable bonds is 4. The Bertz CT molecular complexity index is 1250. The highest BCUT2D eigenvalue weighted by atomic mass is 16.5. The smallest absolute Gasteiger partial charge is 0.336 e. The first-order chi connectivity index (χ1) is 14.3. The standard InChI is InChI=1S/C25H23NO4/c1-5-29-24(28)25(13-26)21(17-9-6-14(2)7-10-17)22(25)19-12-20(27)30-23-16(4)15(3)8-11-18(19)23/h6-12,21-22H,5H2,1-4H3. The fourth-order valence-corrected chi connectivity index (χ4v) is 4.47. The van der Waals surface area contributed by atoms with Gasteiger partial charge in [-0.3, -0.25) is 4.79 Å². The van der Waals surface area contributed by atoms with Crippen molar-refractivity contribution >= 4 is 16.9 Å². The maximum Gasteiger partial charge on any atom is 0.336 e. The van der Waals surface area contributed by atoms with Gasteiger partial charge in [0.15, 0.2) is 5.41 Å². The summed E-state index contributed by atoms with van der Waals surface area (Å²) in [5.41, 5.74) is 3.15. The van der Waals surface area contributed by atoms with Crippen LogP contribution in [0.25, 0.3) is 11.0 Å². The molecule has 0 spiro atoms. The van der Waals surface area contributed by atoms with Crippen molar-refractivity contribution in [2.75, 3.05) is 6.61 Å². The summed E-state index contributed by atoms with van der Waals surface area (Å²) in [7, 11) is 0. The quantitative estimate of drug-likeness (QED) is 0.469. The second-order valence-corrected chi connectivity index (χ2v) is 7.97. The third-order valence-electron chi connectivity index (χ3n) is 6.24. The Hall–Kier alpha value is -3.39. The topological polar surface area (TPSA) is 80.3 Å². The SMILES string of the molecule is CCOC(=O)C1(C#N)C(c2ccc(C)cc2)C1c1cc(=O)oc2c(C)c(C)ccc12. The first-order valence-corrected chi connectivity index (χ1v) is 10.0. The molecule has 2 aromatic carbocycles. The molecule has 0 bridgehead atoms. The maximum absolute atomic E-state index is 13.0. The van der Waals surface area contributed by atoms with E-state index in [0.29, 0.717) is 11.1 Å². The average molecular weight is 401 g/mol. The van der Waals surface area contributed by atoms with Crippen LogP contribution in [0, 0.1) is 37.5 Å². The van der Waals surface area contributed by atoms with Gasteiger partial charge < -0.3 is 9.15 Å². The van der Waals surface area contributed by atoms with E-state index in [1.54, 1.807) is 6.92 Å². The van der Waals surface area contributed by atoms with Gasteiger partial charge in [0.2, 0.25) is 0 Å². The van der Waals surface area contributed by atoms with Crippen LogP contribution in [-0.4, -0.2) is 12.6 Å². The van der Waals surface area contributed by atoms with Crippen molar-refractivity contribution in [1.29, 1.82) is 5.26 Å². The summed E-state index contributed by atoms with van der Waals surface area (Å²) in [5, 5.41) is 10.9. The Balaban J connectivity index is 1.97. The van der Waals surface area contributed by atoms with Crippen molar-refractivity contribution in [1.82, 2.24) is 0 Å². The molecular formula is C25H23NO4. The number of nitriles is 1. The van der Waals surface area contributed by atoms with Gasteiger partial charge in [0.1, 0.15) is 5.58 Å². The lowest BCUT2D eigenvalue weighted by Gasteiger charge is -2.11. The fourth-order valence-electron chi connectivity index (χ4n) is 4.47. The molecule has 0 saturated heterocycles. The second kappa shape index (κ2) is 7.14. The zero-order valence-corrected chi connectivity index (χ0v) is 17.5. The minimum atomic E-state index is -1.37. The molecule has 30 heavy (non-hydrogen) atoms. The number of carbonyl (C=O) groups is 1. The highest BCUT2D eigenvalue weighted by molar-refractivity contribution is 5.93. The molecular weight excluding hydrogens is 378 g/mol. The molecule has 152 valence electrons. The Labute approximate surface area is 174 Å². The highest BCUT2D eigenvalue weighted by Gasteiger charge is 2.73. The number of aryl methyl sites for hydroxylation is 3. The molecule has 3 unspecified atom stereocenters. The van der Waals surface area contributed by atoms with Gasteiger partial charge in [-0.1, -0.05) is 42.0 Å². The Morgan fingerprint density at radius 1 is 1.13 bits per heavy atom. The van der Waals surface area contributed by atoms with Crippen molar-refractivity contribution in [3.8, 4) is 6.07 Å². The minimum Gasteiger partial charge on any atom is -0.465 e. The van der Waals surface area contributed by atoms with Crippen LogP contribution in [0.1, 0.15) is 46.6 Å². The number of hydrogen-bond acceptors (Lipinski definition) is 5. The van der Waals surface area contributed by atoms with Gasteiger partial charge in [-0.2, -0.15) is 5.26 Å². The molecule has 4 rings (SSSR count). The molecule has 0 aliphatic heterocycles. The van der Waals surface area contributed by atoms with E-state index in [0.717, 1.165) is 27.6 Å². The number of hydrogen-bond donors (Lipinski definition) is 0. The van der Waals surface area contributed by atoms with Gasteiger partial charge in [0, 0.05) is 23.3 Å². The lowest BCUT2D eigenvalue weighted by molar-refractivity contribution is -0.147. The van der Waals surface area contributed by atoms with Crippen molar-refractivity contribution in [2.24, 2.45) is 5.41 Å². The van der Waals surface area contributed by atoms with Crippen molar-refractivity contribution in [3.05, 3.63) is 80.7 Å². The van der Waals surface area contributed by atoms with Crippen LogP contribution in [-0.2, 0) is 9.53 Å². The Kier molecular flexibility index (Phi) is 4.74. The van der Waals surface area contributed by atoms with E-state index in [1.165, 1.54) is 6.07 Å². The Morgan fingerprint density at radius 3 is 2.47 bits per heavy atom. The molecule has 1 aliphatic carbocycles. The molecule has 1 heterocycles. The lowest BCUT2D eigenvalue weighted by Crippen LogP contribution is -2.21. The van der Waals surface area contributed by atoms with Gasteiger partial charge in [-0.15, -0.1) is 0 Å². The zero-order valence-electron chi connectivity index (χ0n) is 17.5. The van der Waals surface area contributed by atoms with Gasteiger partial charge >= 0.3 is 11.6 Å². The monoisotopic (exact) mass is 401 g/mol. The van der Waals surface area contributed by atoms with Crippen LogP contribution in [0.3, 0.4) is 0 Å². The normalized spacial score (nSPS) is 22.5. The van der Waals surface area contributed by atoms with Gasteiger partial charge in [0.05, 0.1) is 12.7 Å². The molecule has 0 radical (unpaired) electrons. The van der Waals surface area contributed by atoms with Crippen LogP contribution in [0.5, 0.6) is 0 Å². The van der Waals surface area contributed by atoms with E-state index in [9.17, 15) is 14.9 Å². The van der Waals surface area contributed by atoms with E-state index in [1.807, 2.05) is 57.2 Å². The van der Waals surface area contributed by atoms with Crippen molar-refractivity contribution in [2.45, 2.75) is 39.5 Å². The summed E-state index contributed by atoms with van der Waals surface area (Å²) in [4.78, 5) is 25.4. The molecule has 1 fully saturated rings. The van der Waals surface area contributed by atoms with E-state index in [4.69, 9.17) is 9.15 Å². The minimum absolute atomic E-state index is 0.186. The maximum atomic E-state index is 13.0. The second-order valence-electron chi connectivity index (χ2n) is 7.97. The number of benzene rings is 2. The number of fused-ring (bicyclic) bond motifs is 1. The fraction of sp³-hybridized carbons (Fsp3) is 0.320. The molecule has 1 saturated carbocycles. The van der Waals surface area contributed by atoms with E-state index < -0.39 is 28.8 Å². The molecule has 3 aromatic rings. The summed E-state index contributed by atoms with van der Waals surface area (Å²) in [6.07, 6.45) is 0. The number of carbonyl (C=O) groups excluding carboxylic acids is 1. The largest absolute Gasteiger partial charge is 0.465 e. The molecule has 3 atom stereocenters. The summed E-state index contributed by atoms with van der Waals surface area (Å²) in [6.45, 7) is 7.74. The molecule has 1 aromatic heterocycles. The first kappa shape index (κ1) is 19.9. The molecule has 0 N–H and O–H groups in total. The number of ether oxygens (including phenoxy) is 1. The Morgan fingerprint density at radius 2 is 1.83 bits per heavy atom. The first-order valence-electron chi connectivity index (χ1n) is 10.0. The number of esters is 1. The van der Waals surface area contributed by atoms with Crippen LogP contribution >= 0.6 is 0 Å². The van der Waals surface area contributed by atoms with Crippen LogP contribution in [0.2, 0.25) is 0 Å². The zero-order chi connectivity index (χ0) is 21.6. The van der Waals surface area contributed by atoms with Crippen LogP contribution < -0.4 is 5.63 Å². The van der Waals surface area contributed by atoms with Crippen molar-refractivity contribution < 1.29 is 13.9 Å². The van der Waals surface area contributed by atoms with Crippen LogP contribution in [0.15, 0.2) is 51.7 Å². The third kappa shape index (κ3) is 2.83. The summed E-state index contributed by atoms with van der Waals surface area (Å²) >= 11 is 0. The summed E-state index contributed by atoms with van der Waals surface area (Å²) < 4.78 is 10.8. The van der Waals surface area contributed by atoms with Crippen LogP contribution in [0.4, 0.5) is 0 Å². The third-order valence-corrected chi connectivity index (χ3v) is 6.24. The summed E-state index contributed by atoms with van der Waals surface area (Å²) in [5.74, 6) is -1.43. The van der Waals surface area contributed by atoms with Gasteiger partial charge in [-0.05, 0) is 49.9 Å². The van der Waals surface area contributed by atoms with E-state index in [-0.39, 0.29) is 6.61 Å². The predicted molar refractivity (Wildman–Crippen MR) is 113 cm³/mol. The predicted octanol–water partition coefficient (Wildman–Crippen LogP) is 4.67. The average Bonchev–Trinajstić information content (AvgIpc) is 3.41. The highest BCUT2D eigenvalue weighted by Crippen LogP contribution is 2.71. The lowest BCUT2D eigenvalue weighted by atomic mass is 9.96. The molecule has 1 aliphatic rings. The number of nitrogens with zero attached hydrogens (tertiary/aromatic N) is 1. The van der Waals surface area contributed by atoms with E-state index in [2.05, 4.69) is 6.07 Å². The molecule has 0 amide bonds. The summed E-state index contributed by atoms with van der Waals surface area (Å²) in [6, 6.07) is 15.3. The van der Waals surface area contributed by atoms with Gasteiger partial charge in [-0.25, -0.2) is 4.79 Å².